The topological polar surface area (TPSA) is 75.4 Å². The number of aromatic carboxylic acids is 1. The molecule has 0 unspecified atom stereocenters. The van der Waals surface area contributed by atoms with Gasteiger partial charge in [-0.05, 0) is 31.2 Å². The standard InChI is InChI=1S/C22H24FN3O3/c1-4-25-11-14(21(28)29)20(27)19-13-8-17(26-7-5-6-22(2,3)12-26)15(23)9-16(13)24-10-18(19)25/h8-11H,4-7,12H2,1-3H3,(H,28,29). The van der Waals surface area contributed by atoms with Gasteiger partial charge in [-0.25, -0.2) is 9.18 Å². The molecule has 6 nitrogen and oxygen atoms in total. The maximum Gasteiger partial charge on any atom is 0.341 e. The summed E-state index contributed by atoms with van der Waals surface area (Å²) in [6.45, 7) is 8.13. The lowest BCUT2D eigenvalue weighted by molar-refractivity contribution is 0.0695. The number of carboxylic acid groups (broad SMARTS) is 1. The molecular weight excluding hydrogens is 373 g/mol. The van der Waals surface area contributed by atoms with Crippen LogP contribution in [0.5, 0.6) is 0 Å². The van der Waals surface area contributed by atoms with E-state index in [1.54, 1.807) is 10.6 Å². The van der Waals surface area contributed by atoms with E-state index in [0.717, 1.165) is 19.4 Å². The summed E-state index contributed by atoms with van der Waals surface area (Å²) >= 11 is 0. The Morgan fingerprint density at radius 2 is 2.10 bits per heavy atom. The molecule has 29 heavy (non-hydrogen) atoms. The molecular formula is C22H24FN3O3. The summed E-state index contributed by atoms with van der Waals surface area (Å²) in [6.07, 6.45) is 4.89. The lowest BCUT2D eigenvalue weighted by Gasteiger charge is -2.39. The number of aryl methyl sites for hydroxylation is 1. The summed E-state index contributed by atoms with van der Waals surface area (Å²) in [4.78, 5) is 31.0. The summed E-state index contributed by atoms with van der Waals surface area (Å²) in [5.74, 6) is -1.66. The summed E-state index contributed by atoms with van der Waals surface area (Å²) in [6, 6.07) is 3.00. The highest BCUT2D eigenvalue weighted by atomic mass is 19.1. The highest BCUT2D eigenvalue weighted by molar-refractivity contribution is 6.07. The van der Waals surface area contributed by atoms with Crippen molar-refractivity contribution < 1.29 is 14.3 Å². The number of hydrogen-bond acceptors (Lipinski definition) is 4. The normalized spacial score (nSPS) is 16.5. The van der Waals surface area contributed by atoms with Gasteiger partial charge >= 0.3 is 5.97 Å². The third-order valence-electron chi connectivity index (χ3n) is 5.79. The van der Waals surface area contributed by atoms with Gasteiger partial charge in [0.1, 0.15) is 11.4 Å². The van der Waals surface area contributed by atoms with E-state index >= 15 is 0 Å². The minimum Gasteiger partial charge on any atom is -0.477 e. The maximum absolute atomic E-state index is 15.0. The summed E-state index contributed by atoms with van der Waals surface area (Å²) < 4.78 is 16.6. The molecule has 1 aliphatic heterocycles. The molecule has 0 atom stereocenters. The first-order valence-electron chi connectivity index (χ1n) is 9.85. The lowest BCUT2D eigenvalue weighted by atomic mass is 9.84. The predicted octanol–water partition coefficient (Wildman–Crippen LogP) is 4.03. The van der Waals surface area contributed by atoms with Crippen LogP contribution in [-0.2, 0) is 6.54 Å². The van der Waals surface area contributed by atoms with Gasteiger partial charge in [0.05, 0.1) is 28.3 Å². The number of carbonyl (C=O) groups is 1. The Balaban J connectivity index is 2.04. The maximum atomic E-state index is 15.0. The molecule has 2 aromatic heterocycles. The minimum absolute atomic E-state index is 0.0715. The highest BCUT2D eigenvalue weighted by Gasteiger charge is 2.28. The van der Waals surface area contributed by atoms with Crippen LogP contribution in [0.15, 0.2) is 29.3 Å². The lowest BCUT2D eigenvalue weighted by Crippen LogP contribution is -2.40. The quantitative estimate of drug-likeness (QED) is 0.675. The fraction of sp³-hybridized carbons (Fsp3) is 0.409. The second-order valence-corrected chi connectivity index (χ2v) is 8.49. The van der Waals surface area contributed by atoms with Gasteiger partial charge in [-0.15, -0.1) is 0 Å². The fourth-order valence-corrected chi connectivity index (χ4v) is 4.35. The number of halogens is 1. The van der Waals surface area contributed by atoms with E-state index in [1.807, 2.05) is 11.8 Å². The zero-order valence-corrected chi connectivity index (χ0v) is 16.8. The van der Waals surface area contributed by atoms with Crippen molar-refractivity contribution in [2.75, 3.05) is 18.0 Å². The number of carboxylic acids is 1. The second-order valence-electron chi connectivity index (χ2n) is 8.49. The number of hydrogen-bond donors (Lipinski definition) is 1. The molecule has 1 N–H and O–H groups in total. The number of anilines is 1. The van der Waals surface area contributed by atoms with E-state index in [2.05, 4.69) is 18.8 Å². The summed E-state index contributed by atoms with van der Waals surface area (Å²) in [7, 11) is 0. The molecule has 3 heterocycles. The van der Waals surface area contributed by atoms with Crippen molar-refractivity contribution in [3.63, 3.8) is 0 Å². The Morgan fingerprint density at radius 1 is 1.34 bits per heavy atom. The van der Waals surface area contributed by atoms with Crippen molar-refractivity contribution >= 4 is 33.5 Å². The highest BCUT2D eigenvalue weighted by Crippen LogP contribution is 2.35. The SMILES string of the molecule is CCn1cc(C(=O)O)c(=O)c2c3cc(N4CCCC(C)(C)C4)c(F)cc3ncc21. The van der Waals surface area contributed by atoms with Crippen molar-refractivity contribution in [3.8, 4) is 0 Å². The number of fused-ring (bicyclic) bond motifs is 3. The van der Waals surface area contributed by atoms with E-state index < -0.39 is 11.4 Å². The molecule has 4 rings (SSSR count). The fourth-order valence-electron chi connectivity index (χ4n) is 4.35. The minimum atomic E-state index is -1.27. The van der Waals surface area contributed by atoms with Crippen molar-refractivity contribution in [1.29, 1.82) is 0 Å². The molecule has 0 bridgehead atoms. The summed E-state index contributed by atoms with van der Waals surface area (Å²) in [5.41, 5.74) is 0.534. The molecule has 0 saturated carbocycles. The van der Waals surface area contributed by atoms with Crippen molar-refractivity contribution in [1.82, 2.24) is 9.55 Å². The van der Waals surface area contributed by atoms with Crippen LogP contribution in [0, 0.1) is 11.2 Å². The second kappa shape index (κ2) is 6.83. The molecule has 0 aliphatic carbocycles. The smallest absolute Gasteiger partial charge is 0.341 e. The first-order valence-corrected chi connectivity index (χ1v) is 9.85. The van der Waals surface area contributed by atoms with Gasteiger partial charge in [0.25, 0.3) is 0 Å². The van der Waals surface area contributed by atoms with Crippen molar-refractivity contribution in [2.45, 2.75) is 40.2 Å². The van der Waals surface area contributed by atoms with Crippen molar-refractivity contribution in [3.05, 3.63) is 46.1 Å². The van der Waals surface area contributed by atoms with Gasteiger partial charge in [0.2, 0.25) is 5.43 Å². The Morgan fingerprint density at radius 3 is 2.76 bits per heavy atom. The van der Waals surface area contributed by atoms with E-state index in [9.17, 15) is 19.1 Å². The number of rotatable bonds is 3. The zero-order chi connectivity index (χ0) is 20.9. The van der Waals surface area contributed by atoms with Crippen LogP contribution >= 0.6 is 0 Å². The molecule has 7 heteroatoms. The zero-order valence-electron chi connectivity index (χ0n) is 16.8. The van der Waals surface area contributed by atoms with Gasteiger partial charge in [-0.2, -0.15) is 0 Å². The number of aromatic nitrogens is 2. The van der Waals surface area contributed by atoms with Crippen LogP contribution in [-0.4, -0.2) is 33.7 Å². The predicted molar refractivity (Wildman–Crippen MR) is 111 cm³/mol. The average molecular weight is 397 g/mol. The third-order valence-corrected chi connectivity index (χ3v) is 5.79. The molecule has 0 spiro atoms. The number of pyridine rings is 2. The van der Waals surface area contributed by atoms with E-state index in [-0.39, 0.29) is 22.2 Å². The van der Waals surface area contributed by atoms with Crippen LogP contribution in [0.3, 0.4) is 0 Å². The van der Waals surface area contributed by atoms with Crippen LogP contribution in [0.4, 0.5) is 10.1 Å². The first-order chi connectivity index (χ1) is 13.7. The van der Waals surface area contributed by atoms with E-state index in [1.165, 1.54) is 18.5 Å². The molecule has 1 aliphatic rings. The molecule has 152 valence electrons. The Kier molecular flexibility index (Phi) is 4.56. The van der Waals surface area contributed by atoms with Gasteiger partial charge in [-0.1, -0.05) is 13.8 Å². The first kappa shape index (κ1) is 19.4. The molecule has 0 radical (unpaired) electrons. The largest absolute Gasteiger partial charge is 0.477 e. The van der Waals surface area contributed by atoms with Gasteiger partial charge in [0, 0.05) is 37.3 Å². The molecule has 0 amide bonds. The molecule has 1 saturated heterocycles. The third kappa shape index (κ3) is 3.24. The number of piperidine rings is 1. The summed E-state index contributed by atoms with van der Waals surface area (Å²) in [5, 5.41) is 10.2. The van der Waals surface area contributed by atoms with Crippen molar-refractivity contribution in [2.24, 2.45) is 5.41 Å². The van der Waals surface area contributed by atoms with Gasteiger partial charge < -0.3 is 14.6 Å². The van der Waals surface area contributed by atoms with E-state index in [0.29, 0.717) is 35.2 Å². The van der Waals surface area contributed by atoms with Gasteiger partial charge in [-0.3, -0.25) is 9.78 Å². The Hall–Kier alpha value is -2.96. The van der Waals surface area contributed by atoms with Gasteiger partial charge in [0.15, 0.2) is 0 Å². The average Bonchev–Trinajstić information content (AvgIpc) is 2.66. The number of nitrogens with zero attached hydrogens (tertiary/aromatic N) is 3. The van der Waals surface area contributed by atoms with E-state index in [4.69, 9.17) is 0 Å². The van der Waals surface area contributed by atoms with Crippen LogP contribution in [0.25, 0.3) is 21.8 Å². The van der Waals surface area contributed by atoms with Crippen LogP contribution < -0.4 is 10.3 Å². The molecule has 1 aromatic carbocycles. The number of benzene rings is 1. The van der Waals surface area contributed by atoms with Crippen LogP contribution in [0.2, 0.25) is 0 Å². The molecule has 3 aromatic rings. The van der Waals surface area contributed by atoms with Crippen LogP contribution in [0.1, 0.15) is 44.0 Å². The Bertz CT molecular complexity index is 1200. The monoisotopic (exact) mass is 397 g/mol. The molecule has 1 fully saturated rings. The Labute approximate surface area is 167 Å².